The van der Waals surface area contributed by atoms with Crippen LogP contribution >= 0.6 is 11.6 Å². The lowest BCUT2D eigenvalue weighted by Gasteiger charge is -2.42. The number of fused-ring (bicyclic) bond motifs is 1. The third-order valence-corrected chi connectivity index (χ3v) is 8.54. The molecule has 1 aromatic carbocycles. The van der Waals surface area contributed by atoms with Gasteiger partial charge in [-0.15, -0.1) is 0 Å². The van der Waals surface area contributed by atoms with E-state index in [1.54, 1.807) is 19.1 Å². The molecule has 10 heteroatoms. The number of carbonyl (C=O) groups excluding carboxylic acids is 2. The van der Waals surface area contributed by atoms with Gasteiger partial charge >= 0.3 is 0 Å². The number of aliphatic hydroxyl groups is 3. The molecule has 2 aliphatic rings. The average molecular weight is 611 g/mol. The predicted molar refractivity (Wildman–Crippen MR) is 164 cm³/mol. The Bertz CT molecular complexity index is 980. The van der Waals surface area contributed by atoms with Crippen molar-refractivity contribution in [2.75, 3.05) is 18.1 Å². The van der Waals surface area contributed by atoms with Crippen LogP contribution in [-0.2, 0) is 14.3 Å². The van der Waals surface area contributed by atoms with Gasteiger partial charge in [0, 0.05) is 11.6 Å². The fourth-order valence-corrected chi connectivity index (χ4v) is 5.93. The maximum absolute atomic E-state index is 13.2. The van der Waals surface area contributed by atoms with Crippen LogP contribution in [0.15, 0.2) is 18.2 Å². The number of amides is 2. The van der Waals surface area contributed by atoms with Crippen molar-refractivity contribution in [2.24, 2.45) is 0 Å². The topological polar surface area (TPSA) is 129 Å². The zero-order chi connectivity index (χ0) is 30.5. The van der Waals surface area contributed by atoms with Gasteiger partial charge in [-0.25, -0.2) is 0 Å². The van der Waals surface area contributed by atoms with Crippen LogP contribution < -0.4 is 10.2 Å². The normalized spacial score (nSPS) is 26.2. The smallest absolute Gasteiger partial charge is 0.254 e. The number of carbonyl (C=O) groups is 2. The molecule has 0 spiro atoms. The predicted octanol–water partition coefficient (Wildman–Crippen LogP) is 5.11. The molecule has 1 aromatic rings. The Morgan fingerprint density at radius 2 is 1.45 bits per heavy atom. The minimum atomic E-state index is -1.59. The first-order valence-corrected chi connectivity index (χ1v) is 16.4. The molecular formula is C32H51ClN2O7. The van der Waals surface area contributed by atoms with Crippen molar-refractivity contribution in [1.82, 2.24) is 5.32 Å². The van der Waals surface area contributed by atoms with Crippen molar-refractivity contribution >= 4 is 29.1 Å². The van der Waals surface area contributed by atoms with Crippen molar-refractivity contribution in [3.05, 3.63) is 28.8 Å². The van der Waals surface area contributed by atoms with Gasteiger partial charge in [0.2, 0.25) is 5.91 Å². The number of halogens is 1. The summed E-state index contributed by atoms with van der Waals surface area (Å²) in [5, 5.41) is 34.9. The van der Waals surface area contributed by atoms with E-state index in [0.717, 1.165) is 19.3 Å². The third-order valence-electron chi connectivity index (χ3n) is 8.31. The van der Waals surface area contributed by atoms with E-state index >= 15 is 0 Å². The zero-order valence-corrected chi connectivity index (χ0v) is 26.1. The van der Waals surface area contributed by atoms with Crippen molar-refractivity contribution in [2.45, 2.75) is 140 Å². The van der Waals surface area contributed by atoms with E-state index in [2.05, 4.69) is 12.2 Å². The lowest BCUT2D eigenvalue weighted by molar-refractivity contribution is -0.287. The van der Waals surface area contributed by atoms with Crippen LogP contribution in [0.2, 0.25) is 5.02 Å². The number of unbranched alkanes of at least 4 members (excludes halogenated alkanes) is 13. The molecule has 2 aliphatic heterocycles. The van der Waals surface area contributed by atoms with Crippen molar-refractivity contribution in [1.29, 1.82) is 0 Å². The summed E-state index contributed by atoms with van der Waals surface area (Å²) in [6.45, 7) is 3.99. The van der Waals surface area contributed by atoms with Crippen molar-refractivity contribution in [3.63, 3.8) is 0 Å². The fraction of sp³-hybridized carbons (Fsp3) is 0.750. The molecule has 238 valence electrons. The Kier molecular flexibility index (Phi) is 15.0. The molecule has 4 N–H and O–H groups in total. The van der Waals surface area contributed by atoms with E-state index in [-0.39, 0.29) is 12.1 Å². The number of nitrogens with one attached hydrogen (secondary N) is 1. The van der Waals surface area contributed by atoms with Gasteiger partial charge in [-0.3, -0.25) is 9.59 Å². The van der Waals surface area contributed by atoms with E-state index < -0.39 is 48.6 Å². The number of benzene rings is 1. The first-order valence-electron chi connectivity index (χ1n) is 16.0. The van der Waals surface area contributed by atoms with E-state index in [4.69, 9.17) is 21.1 Å². The highest BCUT2D eigenvalue weighted by molar-refractivity contribution is 6.31. The second kappa shape index (κ2) is 18.1. The number of anilines is 1. The zero-order valence-electron chi connectivity index (χ0n) is 25.3. The summed E-state index contributed by atoms with van der Waals surface area (Å²) < 4.78 is 11.4. The number of rotatable bonds is 18. The molecule has 2 amide bonds. The molecule has 1 fully saturated rings. The van der Waals surface area contributed by atoms with Gasteiger partial charge in [-0.05, 0) is 31.5 Å². The summed E-state index contributed by atoms with van der Waals surface area (Å²) in [6.07, 6.45) is 10.9. The average Bonchev–Trinajstić information content (AvgIpc) is 3.05. The fourth-order valence-electron chi connectivity index (χ4n) is 5.76. The number of hydrogen-bond donors (Lipinski definition) is 4. The summed E-state index contributed by atoms with van der Waals surface area (Å²) in [7, 11) is 0. The number of aliphatic hydroxyl groups excluding tert-OH is 3. The van der Waals surface area contributed by atoms with Crippen LogP contribution in [0.4, 0.5) is 5.69 Å². The summed E-state index contributed by atoms with van der Waals surface area (Å²) in [5.41, 5.74) is 0.541. The van der Waals surface area contributed by atoms with Gasteiger partial charge in [-0.1, -0.05) is 102 Å². The monoisotopic (exact) mass is 610 g/mol. The Labute approximate surface area is 255 Å². The first-order chi connectivity index (χ1) is 20.2. The highest BCUT2D eigenvalue weighted by atomic mass is 35.5. The second-order valence-electron chi connectivity index (χ2n) is 11.8. The van der Waals surface area contributed by atoms with Crippen LogP contribution in [0, 0.1) is 0 Å². The van der Waals surface area contributed by atoms with Crippen LogP contribution in [0.1, 0.15) is 114 Å². The molecule has 1 saturated heterocycles. The molecule has 2 unspecified atom stereocenters. The minimum absolute atomic E-state index is 0.156. The minimum Gasteiger partial charge on any atom is -0.388 e. The third kappa shape index (κ3) is 10.2. The van der Waals surface area contributed by atoms with Gasteiger partial charge in [0.25, 0.3) is 5.91 Å². The lowest BCUT2D eigenvalue weighted by Crippen LogP contribution is -2.61. The van der Waals surface area contributed by atoms with E-state index in [1.165, 1.54) is 81.6 Å². The molecule has 0 aromatic heterocycles. The number of nitrogens with zero attached hydrogens (tertiary/aromatic N) is 1. The number of hydrogen-bond acceptors (Lipinski definition) is 7. The SMILES string of the molecule is CCCCCCCCCCCCCCCCO[C@H]1[C@H](O)[C@@H](CN2C(=O)C(C)NC(=O)c3cc(Cl)ccc32)OC(O)[C@@H]1O. The Hall–Kier alpha value is -1.75. The molecule has 9 nitrogen and oxygen atoms in total. The van der Waals surface area contributed by atoms with Crippen LogP contribution in [0.3, 0.4) is 0 Å². The standard InChI is InChI=1S/C32H51ClN2O7/c1-3-4-5-6-7-8-9-10-11-12-13-14-15-16-19-41-29-27(36)26(42-32(40)28(29)37)21-35-25-18-17-23(33)20-24(25)30(38)34-22(2)31(35)39/h17-18,20,22,26-29,32,36-37,40H,3-16,19,21H2,1-2H3,(H,34,38)/t22?,26-,27-,28-,29+,32?/m1/s1. The highest BCUT2D eigenvalue weighted by Gasteiger charge is 2.46. The lowest BCUT2D eigenvalue weighted by atomic mass is 9.97. The summed E-state index contributed by atoms with van der Waals surface area (Å²) in [4.78, 5) is 27.2. The van der Waals surface area contributed by atoms with Crippen LogP contribution in [0.25, 0.3) is 0 Å². The maximum Gasteiger partial charge on any atom is 0.254 e. The van der Waals surface area contributed by atoms with E-state index in [0.29, 0.717) is 17.3 Å². The van der Waals surface area contributed by atoms with E-state index in [9.17, 15) is 24.9 Å². The first kappa shape index (κ1) is 34.7. The van der Waals surface area contributed by atoms with Gasteiger partial charge in [0.05, 0.1) is 17.8 Å². The molecular weight excluding hydrogens is 560 g/mol. The second-order valence-corrected chi connectivity index (χ2v) is 12.2. The molecule has 6 atom stereocenters. The Morgan fingerprint density at radius 1 is 0.881 bits per heavy atom. The van der Waals surface area contributed by atoms with Gasteiger partial charge < -0.3 is 35.0 Å². The molecule has 0 bridgehead atoms. The summed E-state index contributed by atoms with van der Waals surface area (Å²) >= 11 is 6.09. The number of ether oxygens (including phenoxy) is 2. The van der Waals surface area contributed by atoms with E-state index in [1.807, 2.05) is 0 Å². The Balaban J connectivity index is 1.41. The van der Waals surface area contributed by atoms with Crippen LogP contribution in [-0.4, -0.2) is 77.0 Å². The molecule has 0 aliphatic carbocycles. The molecule has 42 heavy (non-hydrogen) atoms. The molecule has 2 heterocycles. The van der Waals surface area contributed by atoms with Crippen LogP contribution in [0.5, 0.6) is 0 Å². The van der Waals surface area contributed by atoms with Gasteiger partial charge in [-0.2, -0.15) is 0 Å². The van der Waals surface area contributed by atoms with Gasteiger partial charge in [0.1, 0.15) is 30.5 Å². The maximum atomic E-state index is 13.2. The molecule has 3 rings (SSSR count). The van der Waals surface area contributed by atoms with Gasteiger partial charge in [0.15, 0.2) is 6.29 Å². The van der Waals surface area contributed by atoms with Crippen molar-refractivity contribution in [3.8, 4) is 0 Å². The highest BCUT2D eigenvalue weighted by Crippen LogP contribution is 2.30. The van der Waals surface area contributed by atoms with Crippen molar-refractivity contribution < 1.29 is 34.4 Å². The molecule has 0 saturated carbocycles. The Morgan fingerprint density at radius 3 is 2.05 bits per heavy atom. The summed E-state index contributed by atoms with van der Waals surface area (Å²) in [5.74, 6) is -0.841. The molecule has 0 radical (unpaired) electrons. The largest absolute Gasteiger partial charge is 0.388 e. The summed E-state index contributed by atoms with van der Waals surface area (Å²) in [6, 6.07) is 3.79. The quantitative estimate of drug-likeness (QED) is 0.170.